The van der Waals surface area contributed by atoms with E-state index in [1.807, 2.05) is 19.0 Å². The number of sulfonamides is 1. The first-order chi connectivity index (χ1) is 28.6. The van der Waals surface area contributed by atoms with Gasteiger partial charge < -0.3 is 19.1 Å². The predicted molar refractivity (Wildman–Crippen MR) is 249 cm³/mol. The molecule has 0 heterocycles. The molecule has 0 bridgehead atoms. The summed E-state index contributed by atoms with van der Waals surface area (Å²) >= 11 is 0. The van der Waals surface area contributed by atoms with Crippen molar-refractivity contribution >= 4 is 22.0 Å². The number of hydrogen-bond donors (Lipinski definition) is 1. The highest BCUT2D eigenvalue weighted by Crippen LogP contribution is 2.23. The summed E-state index contributed by atoms with van der Waals surface area (Å²) in [6, 6.07) is -0.0905. The van der Waals surface area contributed by atoms with Crippen LogP contribution in [0.15, 0.2) is 0 Å². The van der Waals surface area contributed by atoms with Gasteiger partial charge in [-0.15, -0.1) is 0 Å². The quantitative estimate of drug-likeness (QED) is 0.0476. The Bertz CT molecular complexity index is 965. The molecule has 0 saturated carbocycles. The van der Waals surface area contributed by atoms with E-state index in [0.717, 1.165) is 96.4 Å². The SMILES string of the molecule is CCCCCC(CCCCC)CCOC(=O)CCCCCCCC(CCCCCCCC(=O)OCCC(CCCCC)CCCCC)NS(=O)(=O)CCOCCN(C)C. The third-order valence-electron chi connectivity index (χ3n) is 11.8. The highest BCUT2D eigenvalue weighted by Gasteiger charge is 2.18. The molecule has 0 saturated heterocycles. The first kappa shape index (κ1) is 57.8. The van der Waals surface area contributed by atoms with Crippen molar-refractivity contribution in [2.45, 2.75) is 239 Å². The van der Waals surface area contributed by atoms with E-state index in [0.29, 0.717) is 44.5 Å². The average molecular weight is 859 g/mol. The van der Waals surface area contributed by atoms with Crippen molar-refractivity contribution < 1.29 is 32.2 Å². The highest BCUT2D eigenvalue weighted by molar-refractivity contribution is 7.89. The normalized spacial score (nSPS) is 12.1. The van der Waals surface area contributed by atoms with Gasteiger partial charge in [0.05, 0.1) is 32.2 Å². The van der Waals surface area contributed by atoms with Crippen LogP contribution in [0.5, 0.6) is 0 Å². The molecule has 1 N–H and O–H groups in total. The van der Waals surface area contributed by atoms with Gasteiger partial charge in [0.25, 0.3) is 0 Å². The van der Waals surface area contributed by atoms with E-state index >= 15 is 0 Å². The number of esters is 2. The van der Waals surface area contributed by atoms with Crippen molar-refractivity contribution in [1.29, 1.82) is 0 Å². The number of likely N-dealkylation sites (N-methyl/N-ethyl adjacent to an activating group) is 1. The molecule has 59 heavy (non-hydrogen) atoms. The van der Waals surface area contributed by atoms with Crippen LogP contribution >= 0.6 is 0 Å². The molecule has 0 aliphatic rings. The lowest BCUT2D eigenvalue weighted by Gasteiger charge is -2.19. The standard InChI is InChI=1S/C49H98N2O7S/c1-7-11-21-29-45(30-22-12-8-2)37-40-57-48(52)35-27-19-15-17-25-33-47(50-59(54,55)44-43-56-42-39-51(5)6)34-26-18-16-20-28-36-49(53)58-41-38-46(31-23-13-9-3)32-24-14-10-4/h45-47,50H,7-44H2,1-6H3. The highest BCUT2D eigenvalue weighted by atomic mass is 32.2. The first-order valence-electron chi connectivity index (χ1n) is 25.1. The largest absolute Gasteiger partial charge is 0.466 e. The molecule has 0 unspecified atom stereocenters. The number of carbonyl (C=O) groups is 2. The summed E-state index contributed by atoms with van der Waals surface area (Å²) in [5.74, 6) is 1.18. The van der Waals surface area contributed by atoms with Crippen LogP contribution < -0.4 is 4.72 Å². The lowest BCUT2D eigenvalue weighted by Crippen LogP contribution is -2.37. The smallest absolute Gasteiger partial charge is 0.305 e. The molecular weight excluding hydrogens is 761 g/mol. The van der Waals surface area contributed by atoms with Crippen molar-refractivity contribution in [2.24, 2.45) is 11.8 Å². The maximum Gasteiger partial charge on any atom is 0.305 e. The third-order valence-corrected chi connectivity index (χ3v) is 13.2. The van der Waals surface area contributed by atoms with Gasteiger partial charge >= 0.3 is 11.9 Å². The average Bonchev–Trinajstić information content (AvgIpc) is 3.19. The molecule has 0 aliphatic heterocycles. The number of nitrogens with zero attached hydrogens (tertiary/aromatic N) is 1. The molecule has 10 heteroatoms. The van der Waals surface area contributed by atoms with Crippen LogP contribution in [0.3, 0.4) is 0 Å². The number of carbonyl (C=O) groups excluding carboxylic acids is 2. The first-order valence-corrected chi connectivity index (χ1v) is 26.8. The summed E-state index contributed by atoms with van der Waals surface area (Å²) < 4.78 is 45.8. The van der Waals surface area contributed by atoms with Crippen molar-refractivity contribution in [3.8, 4) is 0 Å². The second-order valence-corrected chi connectivity index (χ2v) is 19.8. The zero-order valence-electron chi connectivity index (χ0n) is 39.8. The van der Waals surface area contributed by atoms with Gasteiger partial charge in [0.15, 0.2) is 0 Å². The van der Waals surface area contributed by atoms with E-state index in [9.17, 15) is 18.0 Å². The number of hydrogen-bond acceptors (Lipinski definition) is 8. The molecule has 0 rings (SSSR count). The van der Waals surface area contributed by atoms with Crippen molar-refractivity contribution in [2.75, 3.05) is 52.8 Å². The van der Waals surface area contributed by atoms with E-state index in [1.165, 1.54) is 103 Å². The number of unbranched alkanes of at least 4 members (excludes halogenated alkanes) is 16. The van der Waals surface area contributed by atoms with Gasteiger partial charge in [0.2, 0.25) is 10.0 Å². The topological polar surface area (TPSA) is 111 Å². The molecule has 9 nitrogen and oxygen atoms in total. The summed E-state index contributed by atoms with van der Waals surface area (Å²) in [6.07, 6.45) is 34.5. The van der Waals surface area contributed by atoms with Gasteiger partial charge in [0.1, 0.15) is 0 Å². The molecule has 0 amide bonds. The Morgan fingerprint density at radius 1 is 0.475 bits per heavy atom. The van der Waals surface area contributed by atoms with Crippen LogP contribution in [-0.2, 0) is 33.8 Å². The van der Waals surface area contributed by atoms with E-state index in [1.54, 1.807) is 0 Å². The monoisotopic (exact) mass is 859 g/mol. The van der Waals surface area contributed by atoms with Gasteiger partial charge in [-0.25, -0.2) is 13.1 Å². The number of ether oxygens (including phenoxy) is 3. The van der Waals surface area contributed by atoms with Crippen LogP contribution in [0.25, 0.3) is 0 Å². The van der Waals surface area contributed by atoms with Gasteiger partial charge in [0, 0.05) is 25.4 Å². The maximum atomic E-state index is 13.0. The summed E-state index contributed by atoms with van der Waals surface area (Å²) in [5, 5.41) is 0. The second kappa shape index (κ2) is 42.1. The summed E-state index contributed by atoms with van der Waals surface area (Å²) in [5.41, 5.74) is 0. The molecule has 0 spiro atoms. The molecule has 0 atom stereocenters. The fourth-order valence-electron chi connectivity index (χ4n) is 7.89. The van der Waals surface area contributed by atoms with Gasteiger partial charge in [-0.1, -0.05) is 182 Å². The molecule has 0 aliphatic carbocycles. The Kier molecular flexibility index (Phi) is 41.2. The van der Waals surface area contributed by atoms with Crippen molar-refractivity contribution in [1.82, 2.24) is 9.62 Å². The minimum absolute atomic E-state index is 0.0279. The Morgan fingerprint density at radius 2 is 0.847 bits per heavy atom. The Labute approximate surface area is 366 Å². The van der Waals surface area contributed by atoms with Crippen LogP contribution in [0.4, 0.5) is 0 Å². The lowest BCUT2D eigenvalue weighted by molar-refractivity contribution is -0.145. The zero-order valence-corrected chi connectivity index (χ0v) is 40.6. The lowest BCUT2D eigenvalue weighted by atomic mass is 9.92. The van der Waals surface area contributed by atoms with Gasteiger partial charge in [-0.2, -0.15) is 0 Å². The fourth-order valence-corrected chi connectivity index (χ4v) is 9.09. The fraction of sp³-hybridized carbons (Fsp3) is 0.959. The number of nitrogens with one attached hydrogen (secondary N) is 1. The van der Waals surface area contributed by atoms with Crippen LogP contribution in [-0.4, -0.2) is 84.1 Å². The summed E-state index contributed by atoms with van der Waals surface area (Å²) in [7, 11) is 0.494. The van der Waals surface area contributed by atoms with E-state index in [-0.39, 0.29) is 30.3 Å². The molecular formula is C49H98N2O7S. The number of rotatable bonds is 46. The van der Waals surface area contributed by atoms with E-state index in [4.69, 9.17) is 14.2 Å². The van der Waals surface area contributed by atoms with Gasteiger partial charge in [-0.3, -0.25) is 9.59 Å². The molecule has 0 aromatic heterocycles. The molecule has 0 radical (unpaired) electrons. The van der Waals surface area contributed by atoms with E-state index in [2.05, 4.69) is 32.4 Å². The summed E-state index contributed by atoms with van der Waals surface area (Å²) in [6.45, 7) is 11.6. The van der Waals surface area contributed by atoms with Crippen molar-refractivity contribution in [3.05, 3.63) is 0 Å². The second-order valence-electron chi connectivity index (χ2n) is 17.9. The minimum Gasteiger partial charge on any atom is -0.466 e. The third kappa shape index (κ3) is 40.6. The van der Waals surface area contributed by atoms with Crippen LogP contribution in [0.2, 0.25) is 0 Å². The van der Waals surface area contributed by atoms with Crippen molar-refractivity contribution in [3.63, 3.8) is 0 Å². The van der Waals surface area contributed by atoms with Gasteiger partial charge in [-0.05, 0) is 64.5 Å². The Balaban J connectivity index is 4.54. The maximum absolute atomic E-state index is 13.0. The predicted octanol–water partition coefficient (Wildman–Crippen LogP) is 12.7. The van der Waals surface area contributed by atoms with Crippen LogP contribution in [0.1, 0.15) is 233 Å². The Hall–Kier alpha value is -1.23. The van der Waals surface area contributed by atoms with Crippen LogP contribution in [0, 0.1) is 11.8 Å². The molecule has 352 valence electrons. The molecule has 0 aromatic rings. The molecule has 0 aromatic carbocycles. The minimum atomic E-state index is -3.45. The van der Waals surface area contributed by atoms with E-state index < -0.39 is 10.0 Å². The summed E-state index contributed by atoms with van der Waals surface area (Å²) in [4.78, 5) is 26.9. The molecule has 0 fully saturated rings. The Morgan fingerprint density at radius 3 is 1.24 bits per heavy atom. The zero-order chi connectivity index (χ0) is 43.7.